The normalized spacial score (nSPS) is 17.1. The summed E-state index contributed by atoms with van der Waals surface area (Å²) in [5.41, 5.74) is 7.39. The summed E-state index contributed by atoms with van der Waals surface area (Å²) in [6, 6.07) is 13.1. The van der Waals surface area contributed by atoms with Gasteiger partial charge in [-0.3, -0.25) is 0 Å². The van der Waals surface area contributed by atoms with E-state index in [-0.39, 0.29) is 12.1 Å². The summed E-state index contributed by atoms with van der Waals surface area (Å²) in [5, 5.41) is 3.09. The number of rotatable bonds is 5. The number of hydrogen-bond donors (Lipinski definition) is 2. The van der Waals surface area contributed by atoms with Crippen LogP contribution in [0, 0.1) is 0 Å². The van der Waals surface area contributed by atoms with Gasteiger partial charge in [-0.25, -0.2) is 4.99 Å². The van der Waals surface area contributed by atoms with Crippen molar-refractivity contribution in [1.29, 1.82) is 0 Å². The molecule has 1 heterocycles. The van der Waals surface area contributed by atoms with Crippen LogP contribution in [0.15, 0.2) is 53.5 Å². The standard InChI is InChI=1S/C18H18F3N3O/c19-18(20,21)13-4-9-15(10-5-13)23-14-6-1-12(2-7-14)3-8-16-11-25-17(22)24-16/h1-2,4-7,9-10,16,23H,3,8,11H2,(H2,22,24). The number of aryl methyl sites for hydroxylation is 1. The number of aliphatic imine (C=N–C) groups is 1. The molecule has 2 aromatic carbocycles. The number of alkyl halides is 3. The minimum atomic E-state index is -4.32. The van der Waals surface area contributed by atoms with E-state index in [2.05, 4.69) is 10.3 Å². The van der Waals surface area contributed by atoms with Crippen molar-refractivity contribution in [1.82, 2.24) is 0 Å². The third-order valence-electron chi connectivity index (χ3n) is 3.95. The van der Waals surface area contributed by atoms with Gasteiger partial charge in [0.2, 0.25) is 0 Å². The molecule has 4 nitrogen and oxygen atoms in total. The van der Waals surface area contributed by atoms with E-state index < -0.39 is 11.7 Å². The Morgan fingerprint density at radius 2 is 1.64 bits per heavy atom. The third kappa shape index (κ3) is 4.65. The Hall–Kier alpha value is -2.70. The van der Waals surface area contributed by atoms with E-state index in [0.29, 0.717) is 12.3 Å². The van der Waals surface area contributed by atoms with Crippen LogP contribution in [0.2, 0.25) is 0 Å². The monoisotopic (exact) mass is 349 g/mol. The Kier molecular flexibility index (Phi) is 4.83. The molecule has 0 aliphatic carbocycles. The molecule has 0 fully saturated rings. The number of anilines is 2. The second-order valence-electron chi connectivity index (χ2n) is 5.87. The van der Waals surface area contributed by atoms with E-state index in [1.165, 1.54) is 12.1 Å². The third-order valence-corrected chi connectivity index (χ3v) is 3.95. The van der Waals surface area contributed by atoms with E-state index >= 15 is 0 Å². The highest BCUT2D eigenvalue weighted by Crippen LogP contribution is 2.30. The molecule has 1 aliphatic rings. The van der Waals surface area contributed by atoms with Crippen molar-refractivity contribution in [2.75, 3.05) is 11.9 Å². The molecular formula is C18H18F3N3O. The zero-order chi connectivity index (χ0) is 17.9. The predicted octanol–water partition coefficient (Wildman–Crippen LogP) is 4.10. The lowest BCUT2D eigenvalue weighted by atomic mass is 10.1. The molecule has 7 heteroatoms. The van der Waals surface area contributed by atoms with E-state index in [0.717, 1.165) is 36.2 Å². The number of hydrogen-bond acceptors (Lipinski definition) is 4. The predicted molar refractivity (Wildman–Crippen MR) is 90.9 cm³/mol. The first-order valence-corrected chi connectivity index (χ1v) is 7.89. The topological polar surface area (TPSA) is 59.6 Å². The molecule has 0 saturated carbocycles. The van der Waals surface area contributed by atoms with Gasteiger partial charge in [0.15, 0.2) is 0 Å². The average Bonchev–Trinajstić information content (AvgIpc) is 2.99. The fourth-order valence-electron chi connectivity index (χ4n) is 2.58. The molecule has 1 atom stereocenters. The van der Waals surface area contributed by atoms with Crippen molar-refractivity contribution in [3.05, 3.63) is 59.7 Å². The largest absolute Gasteiger partial charge is 0.463 e. The van der Waals surface area contributed by atoms with Crippen molar-refractivity contribution >= 4 is 17.4 Å². The summed E-state index contributed by atoms with van der Waals surface area (Å²) >= 11 is 0. The number of nitrogens with zero attached hydrogens (tertiary/aromatic N) is 1. The highest BCUT2D eigenvalue weighted by molar-refractivity contribution is 5.73. The van der Waals surface area contributed by atoms with Crippen LogP contribution >= 0.6 is 0 Å². The molecule has 0 aromatic heterocycles. The first-order valence-electron chi connectivity index (χ1n) is 7.89. The first-order chi connectivity index (χ1) is 11.9. The summed E-state index contributed by atoms with van der Waals surface area (Å²) < 4.78 is 42.8. The molecule has 132 valence electrons. The van der Waals surface area contributed by atoms with E-state index in [1.807, 2.05) is 24.3 Å². The lowest BCUT2D eigenvalue weighted by Gasteiger charge is -2.10. The maximum atomic E-state index is 12.6. The summed E-state index contributed by atoms with van der Waals surface area (Å²) in [7, 11) is 0. The minimum Gasteiger partial charge on any atom is -0.463 e. The molecule has 1 unspecified atom stereocenters. The van der Waals surface area contributed by atoms with Crippen LogP contribution < -0.4 is 11.1 Å². The van der Waals surface area contributed by atoms with Gasteiger partial charge in [0.1, 0.15) is 6.61 Å². The van der Waals surface area contributed by atoms with Gasteiger partial charge in [0.25, 0.3) is 6.02 Å². The lowest BCUT2D eigenvalue weighted by molar-refractivity contribution is -0.137. The van der Waals surface area contributed by atoms with E-state index in [1.54, 1.807) is 0 Å². The average molecular weight is 349 g/mol. The highest BCUT2D eigenvalue weighted by Gasteiger charge is 2.29. The molecule has 2 aromatic rings. The molecule has 0 saturated heterocycles. The Morgan fingerprint density at radius 3 is 2.16 bits per heavy atom. The number of amidine groups is 1. The lowest BCUT2D eigenvalue weighted by Crippen LogP contribution is -2.10. The SMILES string of the molecule is NC1=NC(CCc2ccc(Nc3ccc(C(F)(F)F)cc3)cc2)CO1. The second-order valence-corrected chi connectivity index (χ2v) is 5.87. The molecule has 0 spiro atoms. The first kappa shape index (κ1) is 17.1. The van der Waals surface area contributed by atoms with Gasteiger partial charge >= 0.3 is 6.18 Å². The van der Waals surface area contributed by atoms with Crippen LogP contribution in [-0.2, 0) is 17.3 Å². The van der Waals surface area contributed by atoms with Crippen molar-refractivity contribution < 1.29 is 17.9 Å². The van der Waals surface area contributed by atoms with Crippen LogP contribution in [0.25, 0.3) is 0 Å². The number of nitrogens with two attached hydrogens (primary N) is 1. The van der Waals surface area contributed by atoms with Gasteiger partial charge in [-0.05, 0) is 54.8 Å². The van der Waals surface area contributed by atoms with Crippen LogP contribution in [0.1, 0.15) is 17.5 Å². The maximum absolute atomic E-state index is 12.6. The molecule has 25 heavy (non-hydrogen) atoms. The van der Waals surface area contributed by atoms with Gasteiger partial charge < -0.3 is 15.8 Å². The minimum absolute atomic E-state index is 0.102. The fourth-order valence-corrected chi connectivity index (χ4v) is 2.58. The fraction of sp³-hybridized carbons (Fsp3) is 0.278. The zero-order valence-corrected chi connectivity index (χ0v) is 13.4. The van der Waals surface area contributed by atoms with Crippen LogP contribution in [0.4, 0.5) is 24.5 Å². The molecule has 3 rings (SSSR count). The van der Waals surface area contributed by atoms with Crippen LogP contribution in [-0.4, -0.2) is 18.7 Å². The van der Waals surface area contributed by atoms with Gasteiger partial charge in [-0.1, -0.05) is 12.1 Å². The highest BCUT2D eigenvalue weighted by atomic mass is 19.4. The van der Waals surface area contributed by atoms with Crippen molar-refractivity contribution in [2.45, 2.75) is 25.1 Å². The van der Waals surface area contributed by atoms with Crippen LogP contribution in [0.3, 0.4) is 0 Å². The van der Waals surface area contributed by atoms with Gasteiger partial charge in [-0.15, -0.1) is 0 Å². The number of nitrogens with one attached hydrogen (secondary N) is 1. The van der Waals surface area contributed by atoms with Crippen LogP contribution in [0.5, 0.6) is 0 Å². The van der Waals surface area contributed by atoms with Crippen molar-refractivity contribution in [3.8, 4) is 0 Å². The second kappa shape index (κ2) is 7.04. The molecule has 0 bridgehead atoms. The quantitative estimate of drug-likeness (QED) is 0.855. The summed E-state index contributed by atoms with van der Waals surface area (Å²) in [5.74, 6) is 0. The Bertz CT molecular complexity index is 740. The maximum Gasteiger partial charge on any atom is 0.416 e. The molecule has 3 N–H and O–H groups in total. The van der Waals surface area contributed by atoms with Crippen molar-refractivity contribution in [2.24, 2.45) is 10.7 Å². The number of halogens is 3. The molecule has 1 aliphatic heterocycles. The van der Waals surface area contributed by atoms with E-state index in [4.69, 9.17) is 10.5 Å². The molecule has 0 amide bonds. The van der Waals surface area contributed by atoms with Crippen molar-refractivity contribution in [3.63, 3.8) is 0 Å². The summed E-state index contributed by atoms with van der Waals surface area (Å²) in [4.78, 5) is 4.18. The van der Waals surface area contributed by atoms with Gasteiger partial charge in [0, 0.05) is 11.4 Å². The van der Waals surface area contributed by atoms with Gasteiger partial charge in [0.05, 0.1) is 11.6 Å². The Labute approximate surface area is 143 Å². The smallest absolute Gasteiger partial charge is 0.416 e. The Balaban J connectivity index is 1.55. The molecule has 0 radical (unpaired) electrons. The summed E-state index contributed by atoms with van der Waals surface area (Å²) in [6.07, 6.45) is -2.61. The number of ether oxygens (including phenoxy) is 1. The Morgan fingerprint density at radius 1 is 1.04 bits per heavy atom. The molecular weight excluding hydrogens is 331 g/mol. The zero-order valence-electron chi connectivity index (χ0n) is 13.4. The van der Waals surface area contributed by atoms with E-state index in [9.17, 15) is 13.2 Å². The number of benzene rings is 2. The van der Waals surface area contributed by atoms with Gasteiger partial charge in [-0.2, -0.15) is 13.2 Å². The summed E-state index contributed by atoms with van der Waals surface area (Å²) in [6.45, 7) is 0.527.